The van der Waals surface area contributed by atoms with Crippen molar-refractivity contribution in [2.45, 2.75) is 39.3 Å². The molecule has 2 N–H and O–H groups in total. The molecule has 0 amide bonds. The van der Waals surface area contributed by atoms with Gasteiger partial charge in [-0.25, -0.2) is 4.98 Å². The van der Waals surface area contributed by atoms with Crippen molar-refractivity contribution in [1.29, 1.82) is 0 Å². The molecule has 1 aromatic carbocycles. The largest absolute Gasteiger partial charge is 0.328 e. The van der Waals surface area contributed by atoms with E-state index in [1.54, 1.807) is 0 Å². The molecular weight excluding hydrogens is 222 g/mol. The van der Waals surface area contributed by atoms with Gasteiger partial charge in [0.2, 0.25) is 0 Å². The van der Waals surface area contributed by atoms with E-state index in [9.17, 15) is 0 Å². The standard InChI is InChI=1S/C15H21N3/c1-11(2)18-10-17-9-15(18)14-6-4-5-13(8-14)7-12(3)16/h4-6,8-12H,7,16H2,1-3H3. The number of aromatic nitrogens is 2. The highest BCUT2D eigenvalue weighted by molar-refractivity contribution is 5.60. The Morgan fingerprint density at radius 2 is 2.06 bits per heavy atom. The number of hydrogen-bond donors (Lipinski definition) is 1. The Bertz CT molecular complexity index is 512. The maximum Gasteiger partial charge on any atom is 0.0953 e. The summed E-state index contributed by atoms with van der Waals surface area (Å²) in [5, 5.41) is 0. The monoisotopic (exact) mass is 243 g/mol. The molecule has 0 saturated heterocycles. The van der Waals surface area contributed by atoms with Gasteiger partial charge in [-0.15, -0.1) is 0 Å². The second-order valence-electron chi connectivity index (χ2n) is 5.16. The number of nitrogens with two attached hydrogens (primary N) is 1. The Morgan fingerprint density at radius 1 is 1.28 bits per heavy atom. The van der Waals surface area contributed by atoms with E-state index in [0.717, 1.165) is 12.1 Å². The lowest BCUT2D eigenvalue weighted by molar-refractivity contribution is 0.605. The van der Waals surface area contributed by atoms with Crippen LogP contribution < -0.4 is 5.73 Å². The third kappa shape index (κ3) is 2.79. The minimum atomic E-state index is 0.190. The van der Waals surface area contributed by atoms with Gasteiger partial charge in [0.05, 0.1) is 18.2 Å². The first-order valence-electron chi connectivity index (χ1n) is 6.44. The van der Waals surface area contributed by atoms with E-state index in [2.05, 4.69) is 47.7 Å². The lowest BCUT2D eigenvalue weighted by Crippen LogP contribution is -2.17. The molecule has 0 radical (unpaired) electrons. The molecule has 2 aromatic rings. The van der Waals surface area contributed by atoms with Gasteiger partial charge in [0.25, 0.3) is 0 Å². The predicted octanol–water partition coefficient (Wildman–Crippen LogP) is 3.02. The molecule has 1 heterocycles. The van der Waals surface area contributed by atoms with Crippen molar-refractivity contribution in [3.05, 3.63) is 42.4 Å². The van der Waals surface area contributed by atoms with Crippen LogP contribution in [0.4, 0.5) is 0 Å². The summed E-state index contributed by atoms with van der Waals surface area (Å²) in [5.41, 5.74) is 9.50. The van der Waals surface area contributed by atoms with Crippen molar-refractivity contribution in [3.63, 3.8) is 0 Å². The fourth-order valence-electron chi connectivity index (χ4n) is 2.17. The lowest BCUT2D eigenvalue weighted by Gasteiger charge is -2.13. The van der Waals surface area contributed by atoms with Gasteiger partial charge in [-0.05, 0) is 38.8 Å². The van der Waals surface area contributed by atoms with Crippen LogP contribution in [0.25, 0.3) is 11.3 Å². The maximum atomic E-state index is 5.85. The molecule has 18 heavy (non-hydrogen) atoms. The molecule has 0 fully saturated rings. The van der Waals surface area contributed by atoms with Crippen LogP contribution in [0, 0.1) is 0 Å². The number of imidazole rings is 1. The van der Waals surface area contributed by atoms with Crippen LogP contribution in [0.2, 0.25) is 0 Å². The summed E-state index contributed by atoms with van der Waals surface area (Å²) in [5.74, 6) is 0. The third-order valence-corrected chi connectivity index (χ3v) is 3.00. The van der Waals surface area contributed by atoms with Gasteiger partial charge < -0.3 is 10.3 Å². The Balaban J connectivity index is 2.35. The molecule has 0 aliphatic heterocycles. The first-order chi connectivity index (χ1) is 8.58. The first kappa shape index (κ1) is 12.8. The fraction of sp³-hybridized carbons (Fsp3) is 0.400. The number of nitrogens with zero attached hydrogens (tertiary/aromatic N) is 2. The van der Waals surface area contributed by atoms with E-state index in [4.69, 9.17) is 5.73 Å². The van der Waals surface area contributed by atoms with Crippen molar-refractivity contribution in [1.82, 2.24) is 9.55 Å². The third-order valence-electron chi connectivity index (χ3n) is 3.00. The molecule has 0 bridgehead atoms. The van der Waals surface area contributed by atoms with Gasteiger partial charge in [0.1, 0.15) is 0 Å². The second-order valence-corrected chi connectivity index (χ2v) is 5.16. The summed E-state index contributed by atoms with van der Waals surface area (Å²) in [6.07, 6.45) is 4.72. The Hall–Kier alpha value is -1.61. The van der Waals surface area contributed by atoms with Crippen LogP contribution in [-0.4, -0.2) is 15.6 Å². The van der Waals surface area contributed by atoms with Crippen LogP contribution in [0.1, 0.15) is 32.4 Å². The molecular formula is C15H21N3. The van der Waals surface area contributed by atoms with E-state index in [1.807, 2.05) is 19.4 Å². The summed E-state index contributed by atoms with van der Waals surface area (Å²) >= 11 is 0. The summed E-state index contributed by atoms with van der Waals surface area (Å²) in [7, 11) is 0. The zero-order valence-corrected chi connectivity index (χ0v) is 11.3. The quantitative estimate of drug-likeness (QED) is 0.897. The van der Waals surface area contributed by atoms with Crippen LogP contribution in [0.5, 0.6) is 0 Å². The van der Waals surface area contributed by atoms with Crippen molar-refractivity contribution in [2.75, 3.05) is 0 Å². The molecule has 2 rings (SSSR count). The average molecular weight is 243 g/mol. The Kier molecular flexibility index (Phi) is 3.82. The lowest BCUT2D eigenvalue weighted by atomic mass is 10.0. The van der Waals surface area contributed by atoms with Crippen molar-refractivity contribution >= 4 is 0 Å². The van der Waals surface area contributed by atoms with Gasteiger partial charge in [-0.2, -0.15) is 0 Å². The van der Waals surface area contributed by atoms with E-state index in [0.29, 0.717) is 6.04 Å². The normalized spacial score (nSPS) is 12.9. The van der Waals surface area contributed by atoms with E-state index >= 15 is 0 Å². The molecule has 0 aliphatic carbocycles. The van der Waals surface area contributed by atoms with E-state index < -0.39 is 0 Å². The predicted molar refractivity (Wildman–Crippen MR) is 75.4 cm³/mol. The van der Waals surface area contributed by atoms with Gasteiger partial charge in [0.15, 0.2) is 0 Å². The molecule has 3 heteroatoms. The molecule has 1 atom stereocenters. The van der Waals surface area contributed by atoms with Gasteiger partial charge in [0, 0.05) is 17.6 Å². The van der Waals surface area contributed by atoms with Crippen molar-refractivity contribution in [2.24, 2.45) is 5.73 Å². The molecule has 1 unspecified atom stereocenters. The van der Waals surface area contributed by atoms with Gasteiger partial charge in [-0.3, -0.25) is 0 Å². The highest BCUT2D eigenvalue weighted by Gasteiger charge is 2.08. The number of rotatable bonds is 4. The number of benzene rings is 1. The molecule has 3 nitrogen and oxygen atoms in total. The first-order valence-corrected chi connectivity index (χ1v) is 6.44. The molecule has 96 valence electrons. The van der Waals surface area contributed by atoms with Crippen molar-refractivity contribution < 1.29 is 0 Å². The van der Waals surface area contributed by atoms with E-state index in [-0.39, 0.29) is 6.04 Å². The van der Waals surface area contributed by atoms with Crippen LogP contribution in [0.15, 0.2) is 36.8 Å². The smallest absolute Gasteiger partial charge is 0.0953 e. The zero-order chi connectivity index (χ0) is 13.1. The van der Waals surface area contributed by atoms with Crippen LogP contribution in [-0.2, 0) is 6.42 Å². The summed E-state index contributed by atoms with van der Waals surface area (Å²) in [6, 6.07) is 9.16. The second kappa shape index (κ2) is 5.36. The maximum absolute atomic E-state index is 5.85. The van der Waals surface area contributed by atoms with Gasteiger partial charge >= 0.3 is 0 Å². The van der Waals surface area contributed by atoms with Crippen LogP contribution in [0.3, 0.4) is 0 Å². The fourth-order valence-corrected chi connectivity index (χ4v) is 2.17. The Labute approximate surface area is 109 Å². The molecule has 1 aromatic heterocycles. The van der Waals surface area contributed by atoms with Crippen molar-refractivity contribution in [3.8, 4) is 11.3 Å². The van der Waals surface area contributed by atoms with Gasteiger partial charge in [-0.1, -0.05) is 18.2 Å². The minimum Gasteiger partial charge on any atom is -0.328 e. The summed E-state index contributed by atoms with van der Waals surface area (Å²) in [6.45, 7) is 6.36. The highest BCUT2D eigenvalue weighted by atomic mass is 15.1. The zero-order valence-electron chi connectivity index (χ0n) is 11.3. The Morgan fingerprint density at radius 3 is 2.72 bits per heavy atom. The number of hydrogen-bond acceptors (Lipinski definition) is 2. The van der Waals surface area contributed by atoms with Crippen LogP contribution >= 0.6 is 0 Å². The molecule has 0 aliphatic rings. The SMILES string of the molecule is CC(N)Cc1cccc(-c2cncn2C(C)C)c1. The molecule has 0 saturated carbocycles. The minimum absolute atomic E-state index is 0.190. The topological polar surface area (TPSA) is 43.8 Å². The average Bonchev–Trinajstić information content (AvgIpc) is 2.77. The van der Waals surface area contributed by atoms with E-state index in [1.165, 1.54) is 11.1 Å². The molecule has 0 spiro atoms. The summed E-state index contributed by atoms with van der Waals surface area (Å²) in [4.78, 5) is 4.25. The summed E-state index contributed by atoms with van der Waals surface area (Å²) < 4.78 is 2.19. The highest BCUT2D eigenvalue weighted by Crippen LogP contribution is 2.23.